The molecule has 0 aliphatic carbocycles. The van der Waals surface area contributed by atoms with Crippen molar-refractivity contribution in [2.75, 3.05) is 7.11 Å². The molecule has 0 atom stereocenters. The van der Waals surface area contributed by atoms with E-state index in [1.54, 1.807) is 7.11 Å². The molecule has 5 nitrogen and oxygen atoms in total. The molecule has 2 aromatic rings. The molecule has 2 rings (SSSR count). The first-order chi connectivity index (χ1) is 6.85. The highest BCUT2D eigenvalue weighted by molar-refractivity contribution is 5.87. The Balaban J connectivity index is 2.64. The number of aromatic amines is 1. The number of imidazole rings is 1. The molecule has 0 aliphatic rings. The zero-order chi connectivity index (χ0) is 9.97. The van der Waals surface area contributed by atoms with Gasteiger partial charge in [0.2, 0.25) is 0 Å². The van der Waals surface area contributed by atoms with E-state index in [0.29, 0.717) is 11.6 Å². The predicted octanol–water partition coefficient (Wildman–Crippen LogP) is 1.38. The van der Waals surface area contributed by atoms with Gasteiger partial charge in [-0.3, -0.25) is 0 Å². The molecule has 1 aromatic heterocycles. The molecule has 0 radical (unpaired) electrons. The van der Waals surface area contributed by atoms with E-state index in [1.165, 1.54) is 6.21 Å². The Bertz CT molecular complexity index is 476. The van der Waals surface area contributed by atoms with Crippen LogP contribution in [-0.4, -0.2) is 28.5 Å². The van der Waals surface area contributed by atoms with Crippen LogP contribution in [0, 0.1) is 0 Å². The lowest BCUT2D eigenvalue weighted by molar-refractivity contribution is 0.321. The zero-order valence-corrected chi connectivity index (χ0v) is 7.56. The molecule has 14 heavy (non-hydrogen) atoms. The molecule has 0 bridgehead atoms. The number of oxime groups is 1. The first-order valence-corrected chi connectivity index (χ1v) is 4.05. The molecule has 0 saturated carbocycles. The number of aromatic nitrogens is 2. The lowest BCUT2D eigenvalue weighted by atomic mass is 10.3. The number of nitrogens with one attached hydrogen (secondary N) is 1. The van der Waals surface area contributed by atoms with Crippen molar-refractivity contribution in [2.24, 2.45) is 5.16 Å². The molecule has 0 saturated heterocycles. The minimum absolute atomic E-state index is 0.493. The lowest BCUT2D eigenvalue weighted by Gasteiger charge is -1.97. The van der Waals surface area contributed by atoms with Crippen molar-refractivity contribution < 1.29 is 9.94 Å². The zero-order valence-electron chi connectivity index (χ0n) is 7.56. The van der Waals surface area contributed by atoms with Crippen molar-refractivity contribution >= 4 is 17.2 Å². The van der Waals surface area contributed by atoms with Crippen LogP contribution in [0.15, 0.2) is 23.4 Å². The molecule has 2 N–H and O–H groups in total. The van der Waals surface area contributed by atoms with E-state index in [1.807, 2.05) is 18.2 Å². The standard InChI is InChI=1S/C9H9N3O2/c1-14-7-4-2-3-6-9(7)12-8(11-6)5-10-13/h2-5,13H,1H3,(H,11,12). The van der Waals surface area contributed by atoms with Crippen LogP contribution in [0.3, 0.4) is 0 Å². The van der Waals surface area contributed by atoms with Gasteiger partial charge in [-0.2, -0.15) is 0 Å². The summed E-state index contributed by atoms with van der Waals surface area (Å²) in [5.41, 5.74) is 1.57. The first-order valence-electron chi connectivity index (χ1n) is 4.05. The molecule has 0 spiro atoms. The van der Waals surface area contributed by atoms with Crippen LogP contribution in [0.2, 0.25) is 0 Å². The summed E-state index contributed by atoms with van der Waals surface area (Å²) >= 11 is 0. The number of nitrogens with zero attached hydrogens (tertiary/aromatic N) is 2. The quantitative estimate of drug-likeness (QED) is 0.428. The van der Waals surface area contributed by atoms with Crippen molar-refractivity contribution in [3.8, 4) is 5.75 Å². The second kappa shape index (κ2) is 3.37. The average Bonchev–Trinajstić information content (AvgIpc) is 2.60. The van der Waals surface area contributed by atoms with Crippen molar-refractivity contribution in [2.45, 2.75) is 0 Å². The SMILES string of the molecule is COc1cccc2[nH]c(C=NO)nc12. The Hall–Kier alpha value is -2.04. The van der Waals surface area contributed by atoms with Crippen LogP contribution in [0.1, 0.15) is 5.82 Å². The van der Waals surface area contributed by atoms with Gasteiger partial charge in [0.05, 0.1) is 12.6 Å². The Labute approximate surface area is 80.0 Å². The van der Waals surface area contributed by atoms with Crippen molar-refractivity contribution in [1.29, 1.82) is 0 Å². The van der Waals surface area contributed by atoms with Gasteiger partial charge in [0.15, 0.2) is 5.82 Å². The summed E-state index contributed by atoms with van der Waals surface area (Å²) in [4.78, 5) is 7.15. The number of H-pyrrole nitrogens is 1. The second-order valence-electron chi connectivity index (χ2n) is 2.72. The van der Waals surface area contributed by atoms with Crippen LogP contribution in [-0.2, 0) is 0 Å². The summed E-state index contributed by atoms with van der Waals surface area (Å²) in [6.07, 6.45) is 1.24. The van der Waals surface area contributed by atoms with Gasteiger partial charge in [-0.25, -0.2) is 4.98 Å². The van der Waals surface area contributed by atoms with Gasteiger partial charge >= 0.3 is 0 Å². The van der Waals surface area contributed by atoms with Crippen molar-refractivity contribution in [3.63, 3.8) is 0 Å². The fraction of sp³-hybridized carbons (Fsp3) is 0.111. The van der Waals surface area contributed by atoms with Crippen LogP contribution >= 0.6 is 0 Å². The van der Waals surface area contributed by atoms with Gasteiger partial charge in [-0.15, -0.1) is 0 Å². The topological polar surface area (TPSA) is 70.5 Å². The molecule has 0 amide bonds. The average molecular weight is 191 g/mol. The normalized spacial score (nSPS) is 11.2. The highest BCUT2D eigenvalue weighted by Crippen LogP contribution is 2.22. The van der Waals surface area contributed by atoms with E-state index in [-0.39, 0.29) is 0 Å². The number of benzene rings is 1. The van der Waals surface area contributed by atoms with Crippen molar-refractivity contribution in [3.05, 3.63) is 24.0 Å². The van der Waals surface area contributed by atoms with Crippen molar-refractivity contribution in [1.82, 2.24) is 9.97 Å². The van der Waals surface area contributed by atoms with Gasteiger partial charge < -0.3 is 14.9 Å². The summed E-state index contributed by atoms with van der Waals surface area (Å²) in [5.74, 6) is 1.18. The monoisotopic (exact) mass is 191 g/mol. The van der Waals surface area contributed by atoms with E-state index in [0.717, 1.165) is 11.0 Å². The number of ether oxygens (including phenoxy) is 1. The van der Waals surface area contributed by atoms with E-state index in [4.69, 9.17) is 9.94 Å². The largest absolute Gasteiger partial charge is 0.494 e. The Morgan fingerprint density at radius 3 is 3.14 bits per heavy atom. The van der Waals surface area contributed by atoms with Gasteiger partial charge in [0.25, 0.3) is 0 Å². The third kappa shape index (κ3) is 1.28. The lowest BCUT2D eigenvalue weighted by Crippen LogP contribution is -1.84. The minimum atomic E-state index is 0.493. The van der Waals surface area contributed by atoms with E-state index in [9.17, 15) is 0 Å². The molecular formula is C9H9N3O2. The molecule has 72 valence electrons. The first kappa shape index (κ1) is 8.55. The summed E-state index contributed by atoms with van der Waals surface area (Å²) in [6, 6.07) is 5.56. The summed E-state index contributed by atoms with van der Waals surface area (Å²) in [6.45, 7) is 0. The number of hydrogen-bond donors (Lipinski definition) is 2. The second-order valence-corrected chi connectivity index (χ2v) is 2.72. The number of hydrogen-bond acceptors (Lipinski definition) is 4. The number of fused-ring (bicyclic) bond motifs is 1. The Morgan fingerprint density at radius 2 is 2.43 bits per heavy atom. The molecule has 1 heterocycles. The highest BCUT2D eigenvalue weighted by atomic mass is 16.5. The van der Waals surface area contributed by atoms with E-state index < -0.39 is 0 Å². The van der Waals surface area contributed by atoms with Crippen LogP contribution in [0.4, 0.5) is 0 Å². The Morgan fingerprint density at radius 1 is 1.57 bits per heavy atom. The number of methoxy groups -OCH3 is 1. The van der Waals surface area contributed by atoms with E-state index >= 15 is 0 Å². The maximum absolute atomic E-state index is 8.35. The third-order valence-corrected chi connectivity index (χ3v) is 1.89. The van der Waals surface area contributed by atoms with Gasteiger partial charge in [-0.05, 0) is 12.1 Å². The van der Waals surface area contributed by atoms with Crippen LogP contribution in [0.5, 0.6) is 5.75 Å². The molecule has 5 heteroatoms. The summed E-state index contributed by atoms with van der Waals surface area (Å²) in [5, 5.41) is 11.2. The number of para-hydroxylation sites is 1. The highest BCUT2D eigenvalue weighted by Gasteiger charge is 2.05. The van der Waals surface area contributed by atoms with Crippen LogP contribution < -0.4 is 4.74 Å². The van der Waals surface area contributed by atoms with E-state index in [2.05, 4.69) is 15.1 Å². The number of rotatable bonds is 2. The smallest absolute Gasteiger partial charge is 0.153 e. The van der Waals surface area contributed by atoms with Gasteiger partial charge in [0, 0.05) is 0 Å². The molecule has 0 fully saturated rings. The molecule has 0 aliphatic heterocycles. The van der Waals surface area contributed by atoms with Crippen LogP contribution in [0.25, 0.3) is 11.0 Å². The predicted molar refractivity (Wildman–Crippen MR) is 52.0 cm³/mol. The van der Waals surface area contributed by atoms with Gasteiger partial charge in [0.1, 0.15) is 17.5 Å². The molecular weight excluding hydrogens is 182 g/mol. The fourth-order valence-corrected chi connectivity index (χ4v) is 1.31. The Kier molecular flexibility index (Phi) is 2.06. The molecule has 1 aromatic carbocycles. The summed E-state index contributed by atoms with van der Waals surface area (Å²) < 4.78 is 5.13. The maximum atomic E-state index is 8.35. The summed E-state index contributed by atoms with van der Waals surface area (Å²) in [7, 11) is 1.59. The fourth-order valence-electron chi connectivity index (χ4n) is 1.31. The third-order valence-electron chi connectivity index (χ3n) is 1.89. The maximum Gasteiger partial charge on any atom is 0.153 e. The minimum Gasteiger partial charge on any atom is -0.494 e. The molecule has 0 unspecified atom stereocenters. The van der Waals surface area contributed by atoms with Gasteiger partial charge in [-0.1, -0.05) is 11.2 Å².